The lowest BCUT2D eigenvalue weighted by Crippen LogP contribution is -2.75. The van der Waals surface area contributed by atoms with Crippen molar-refractivity contribution in [2.75, 3.05) is 6.61 Å². The van der Waals surface area contributed by atoms with Gasteiger partial charge >= 0.3 is 55.3 Å². The number of aromatic nitrogens is 1. The van der Waals surface area contributed by atoms with E-state index in [0.29, 0.717) is 6.61 Å². The minimum atomic E-state index is -6.13. The molecule has 0 N–H and O–H groups in total. The number of nitrogens with zero attached hydrogens (tertiary/aromatic N) is 1. The molecular formula is C67H62BF24NO2. The number of carbonyl (C=O) groups excluding carboxylic acids is 1. The van der Waals surface area contributed by atoms with Gasteiger partial charge in [0.05, 0.1) is 57.2 Å². The highest BCUT2D eigenvalue weighted by Gasteiger charge is 2.47. The first-order chi connectivity index (χ1) is 44.1. The highest BCUT2D eigenvalue weighted by molar-refractivity contribution is 7.20. The van der Waals surface area contributed by atoms with Gasteiger partial charge in [0.2, 0.25) is 17.8 Å². The Labute approximate surface area is 530 Å². The number of alkyl halides is 24. The number of ketones is 1. The van der Waals surface area contributed by atoms with E-state index in [1.165, 1.54) is 96.3 Å². The average Bonchev–Trinajstić information content (AvgIpc) is 0.708. The van der Waals surface area contributed by atoms with E-state index >= 15 is 0 Å². The molecule has 7 aromatic rings. The summed E-state index contributed by atoms with van der Waals surface area (Å²) in [5, 5.41) is 1.11. The number of para-hydroxylation sites is 1. The Morgan fingerprint density at radius 1 is 0.337 bits per heavy atom. The van der Waals surface area contributed by atoms with Gasteiger partial charge in [0, 0.05) is 17.0 Å². The second-order valence-electron chi connectivity index (χ2n) is 23.0. The molecule has 95 heavy (non-hydrogen) atoms. The average molecular weight is 1380 g/mol. The molecule has 7 rings (SSSR count). The van der Waals surface area contributed by atoms with E-state index in [9.17, 15) is 110 Å². The van der Waals surface area contributed by atoms with Gasteiger partial charge in [-0.25, -0.2) is 0 Å². The second-order valence-corrected chi connectivity index (χ2v) is 23.0. The molecule has 0 aliphatic carbocycles. The van der Waals surface area contributed by atoms with Crippen LogP contribution in [0.5, 0.6) is 5.88 Å². The molecule has 6 aromatic carbocycles. The van der Waals surface area contributed by atoms with E-state index < -0.39 is 195 Å². The maximum atomic E-state index is 14.2. The van der Waals surface area contributed by atoms with Crippen molar-refractivity contribution in [3.05, 3.63) is 190 Å². The van der Waals surface area contributed by atoms with Crippen LogP contribution < -0.4 is 31.2 Å². The second kappa shape index (κ2) is 31.2. The van der Waals surface area contributed by atoms with E-state index in [-0.39, 0.29) is 12.3 Å². The van der Waals surface area contributed by atoms with E-state index in [1.54, 1.807) is 0 Å². The summed E-state index contributed by atoms with van der Waals surface area (Å²) in [5.41, 5.74) is -28.4. The minimum absolute atomic E-state index is 0.0965. The van der Waals surface area contributed by atoms with E-state index in [0.717, 1.165) is 28.8 Å². The Bertz CT molecular complexity index is 3220. The largest absolute Gasteiger partial charge is 0.444 e. The van der Waals surface area contributed by atoms with Crippen LogP contribution in [-0.2, 0) is 56.0 Å². The number of rotatable bonds is 25. The molecule has 518 valence electrons. The van der Waals surface area contributed by atoms with Crippen molar-refractivity contribution in [1.82, 2.24) is 0 Å². The zero-order valence-electron chi connectivity index (χ0n) is 50.4. The maximum Gasteiger partial charge on any atom is 0.416 e. The summed E-state index contributed by atoms with van der Waals surface area (Å²) in [6.07, 6.45) is -33.0. The SMILES string of the molecule is CCCCCCCCCCCCCCCCCCOc1ccc2ccccc2[n+]1CC(=O)c1ccccc1.FC(F)(F)c1cc([B-](c2cc(C(F)(F)F)cc(C(F)(F)F)c2)(c2cc(C(F)(F)F)cc(C(F)(F)F)c2)c2cc(C(F)(F)F)cc(C(F)(F)F)c2)cc(C(F)(F)F)c1. The summed E-state index contributed by atoms with van der Waals surface area (Å²) >= 11 is 0. The summed E-state index contributed by atoms with van der Waals surface area (Å²) in [5.74, 6) is 0.869. The summed E-state index contributed by atoms with van der Waals surface area (Å²) in [7, 11) is 0. The number of hydrogen-bond acceptors (Lipinski definition) is 2. The van der Waals surface area contributed by atoms with Crippen molar-refractivity contribution in [1.29, 1.82) is 0 Å². The lowest BCUT2D eigenvalue weighted by molar-refractivity contribution is -0.663. The molecule has 0 saturated heterocycles. The van der Waals surface area contributed by atoms with Crippen LogP contribution in [0.1, 0.15) is 165 Å². The molecule has 1 aromatic heterocycles. The van der Waals surface area contributed by atoms with Crippen LogP contribution in [0.25, 0.3) is 10.9 Å². The zero-order chi connectivity index (χ0) is 70.6. The van der Waals surface area contributed by atoms with Gasteiger partial charge in [-0.3, -0.25) is 4.79 Å². The lowest BCUT2D eigenvalue weighted by Gasteiger charge is -2.46. The van der Waals surface area contributed by atoms with Gasteiger partial charge in [-0.1, -0.05) is 194 Å². The molecule has 0 spiro atoms. The van der Waals surface area contributed by atoms with Crippen molar-refractivity contribution in [3.63, 3.8) is 0 Å². The first-order valence-electron chi connectivity index (χ1n) is 30.0. The van der Waals surface area contributed by atoms with Gasteiger partial charge < -0.3 is 4.74 Å². The Balaban J connectivity index is 0.000000326. The van der Waals surface area contributed by atoms with Crippen LogP contribution in [0, 0.1) is 0 Å². The quantitative estimate of drug-likeness (QED) is 0.0188. The van der Waals surface area contributed by atoms with Gasteiger partial charge in [0.1, 0.15) is 6.15 Å². The van der Waals surface area contributed by atoms with Crippen LogP contribution in [0.2, 0.25) is 0 Å². The Morgan fingerprint density at radius 3 is 0.905 bits per heavy atom. The van der Waals surface area contributed by atoms with Gasteiger partial charge in [-0.2, -0.15) is 132 Å². The number of unbranched alkanes of at least 4 members (excludes halogenated alkanes) is 15. The van der Waals surface area contributed by atoms with E-state index in [1.807, 2.05) is 53.1 Å². The fourth-order valence-electron chi connectivity index (χ4n) is 11.3. The normalized spacial score (nSPS) is 13.1. The summed E-state index contributed by atoms with van der Waals surface area (Å²) < 4.78 is 349. The van der Waals surface area contributed by atoms with E-state index in [4.69, 9.17) is 4.74 Å². The van der Waals surface area contributed by atoms with Crippen molar-refractivity contribution >= 4 is 44.7 Å². The summed E-state index contributed by atoms with van der Waals surface area (Å²) in [4.78, 5) is 13.0. The van der Waals surface area contributed by atoms with Crippen LogP contribution in [0.3, 0.4) is 0 Å². The molecule has 0 saturated carbocycles. The predicted octanol–water partition coefficient (Wildman–Crippen LogP) is 20.9. The number of pyridine rings is 1. The standard InChI is InChI=1S/C35H50NO2.C32H12BF24/c1-2-3-4-5-6-7-8-9-10-11-12-13-14-15-16-22-29-38-35-28-27-31-23-20-21-26-33(31)36(35)30-34(37)32-24-18-17-19-25-32;34-25(35,36)13-1-14(26(37,38)39)6-21(5-13)33(22-7-15(27(40,41)42)2-16(8-22)28(43,44)45,23-9-17(29(46,47)48)3-18(10-23)30(49,50)51)24-11-19(31(52,53)54)4-20(12-24)32(55,56)57/h17-21,23-28H,2-16,22,29-30H2,1H3;1-12H/q+1;-1. The number of Topliss-reactive ketones (excluding diaryl/α,β-unsaturated/α-hetero) is 1. The number of halogens is 24. The molecule has 0 radical (unpaired) electrons. The van der Waals surface area contributed by atoms with Gasteiger partial charge in [0.15, 0.2) is 0 Å². The first-order valence-corrected chi connectivity index (χ1v) is 30.0. The third-order valence-corrected chi connectivity index (χ3v) is 16.0. The van der Waals surface area contributed by atoms with Crippen LogP contribution in [0.4, 0.5) is 105 Å². The molecule has 0 fully saturated rings. The lowest BCUT2D eigenvalue weighted by atomic mass is 9.12. The molecule has 0 amide bonds. The van der Waals surface area contributed by atoms with Gasteiger partial charge in [-0.05, 0) is 42.8 Å². The fraction of sp³-hybridized carbons (Fsp3) is 0.403. The molecule has 0 aliphatic rings. The Kier molecular flexibility index (Phi) is 25.2. The minimum Gasteiger partial charge on any atom is -0.444 e. The third-order valence-electron chi connectivity index (χ3n) is 16.0. The van der Waals surface area contributed by atoms with Gasteiger partial charge in [0.25, 0.3) is 0 Å². The molecule has 3 nitrogen and oxygen atoms in total. The molecule has 0 unspecified atom stereocenters. The van der Waals surface area contributed by atoms with Crippen LogP contribution in [-0.4, -0.2) is 18.5 Å². The Hall–Kier alpha value is -7.42. The van der Waals surface area contributed by atoms with Crippen molar-refractivity contribution in [2.45, 2.75) is 166 Å². The maximum absolute atomic E-state index is 14.2. The van der Waals surface area contributed by atoms with Gasteiger partial charge in [-0.15, -0.1) is 0 Å². The Morgan fingerprint density at radius 2 is 0.611 bits per heavy atom. The molecule has 0 atom stereocenters. The first kappa shape index (κ1) is 76.6. The highest BCUT2D eigenvalue weighted by atomic mass is 19.4. The monoisotopic (exact) mass is 1380 g/mol. The topological polar surface area (TPSA) is 30.2 Å². The fourth-order valence-corrected chi connectivity index (χ4v) is 11.3. The molecule has 28 heteroatoms. The predicted molar refractivity (Wildman–Crippen MR) is 310 cm³/mol. The number of carbonyl (C=O) groups is 1. The number of fused-ring (bicyclic) bond motifs is 1. The zero-order valence-corrected chi connectivity index (χ0v) is 50.4. The van der Waals surface area contributed by atoms with Crippen molar-refractivity contribution < 1.29 is 119 Å². The molecule has 0 aliphatic heterocycles. The number of ether oxygens (including phenoxy) is 1. The van der Waals surface area contributed by atoms with Crippen LogP contribution >= 0.6 is 0 Å². The number of benzene rings is 6. The molecule has 0 bridgehead atoms. The smallest absolute Gasteiger partial charge is 0.416 e. The summed E-state index contributed by atoms with van der Waals surface area (Å²) in [6.45, 7) is 3.26. The van der Waals surface area contributed by atoms with Crippen molar-refractivity contribution in [3.8, 4) is 5.88 Å². The highest BCUT2D eigenvalue weighted by Crippen LogP contribution is 2.42. The van der Waals surface area contributed by atoms with Crippen molar-refractivity contribution in [2.24, 2.45) is 0 Å². The summed E-state index contributed by atoms with van der Waals surface area (Å²) in [6, 6.07) is 13.0. The third kappa shape index (κ3) is 21.0. The van der Waals surface area contributed by atoms with Crippen LogP contribution in [0.15, 0.2) is 140 Å². The number of hydrogen-bond donors (Lipinski definition) is 0. The molecule has 1 heterocycles. The van der Waals surface area contributed by atoms with E-state index in [2.05, 4.69) is 25.1 Å². The molecular weight excluding hydrogens is 1320 g/mol.